The van der Waals surface area contributed by atoms with Gasteiger partial charge >= 0.3 is 0 Å². The minimum Gasteiger partial charge on any atom is -0.508 e. The maximum Gasteiger partial charge on any atom is 0.189 e. The van der Waals surface area contributed by atoms with Crippen LogP contribution in [0.3, 0.4) is 0 Å². The van der Waals surface area contributed by atoms with Gasteiger partial charge in [-0.3, -0.25) is 4.79 Å². The first-order chi connectivity index (χ1) is 13.7. The Hall–Kier alpha value is -3.27. The molecule has 3 rings (SSSR count). The van der Waals surface area contributed by atoms with Crippen molar-refractivity contribution < 1.29 is 19.7 Å². The summed E-state index contributed by atoms with van der Waals surface area (Å²) in [6.07, 6.45) is 9.39. The molecule has 0 saturated carbocycles. The molecule has 0 aromatic heterocycles. The van der Waals surface area contributed by atoms with Crippen LogP contribution in [0.15, 0.2) is 54.1 Å². The van der Waals surface area contributed by atoms with Crippen LogP contribution < -0.4 is 4.74 Å². The zero-order chi connectivity index (χ0) is 21.2. The minimum absolute atomic E-state index is 0.0232. The minimum atomic E-state index is -0.333. The van der Waals surface area contributed by atoms with Crippen LogP contribution in [0.2, 0.25) is 0 Å². The number of aromatic hydroxyl groups is 2. The monoisotopic (exact) mass is 390 g/mol. The summed E-state index contributed by atoms with van der Waals surface area (Å²) in [6, 6.07) is 8.60. The Morgan fingerprint density at radius 3 is 2.62 bits per heavy atom. The molecular formula is C25H26O4. The predicted octanol–water partition coefficient (Wildman–Crippen LogP) is 5.69. The van der Waals surface area contributed by atoms with Crippen LogP contribution in [-0.4, -0.2) is 21.6 Å². The van der Waals surface area contributed by atoms with Crippen LogP contribution in [-0.2, 0) is 6.42 Å². The Balaban J connectivity index is 1.83. The SMILES string of the molecule is CC(C)=CCc1c(O)ccc(C(=O)C=Cc2ccc3c(c2)C=CC(C)(C)O3)c1O. The lowest BCUT2D eigenvalue weighted by Crippen LogP contribution is -2.27. The van der Waals surface area contributed by atoms with E-state index in [1.54, 1.807) is 6.08 Å². The molecule has 0 radical (unpaired) electrons. The molecule has 29 heavy (non-hydrogen) atoms. The second-order valence-electron chi connectivity index (χ2n) is 7.98. The van der Waals surface area contributed by atoms with Gasteiger partial charge in [0.05, 0.1) is 5.56 Å². The lowest BCUT2D eigenvalue weighted by molar-refractivity contribution is 0.104. The van der Waals surface area contributed by atoms with Crippen molar-refractivity contribution in [1.82, 2.24) is 0 Å². The standard InChI is InChI=1S/C25H26O4/c1-16(2)5-8-19-22(27)11-9-20(24(19)28)21(26)10-6-17-7-12-23-18(15-17)13-14-25(3,4)29-23/h5-7,9-15,27-28H,8H2,1-4H3. The molecule has 1 aliphatic heterocycles. The average Bonchev–Trinajstić information content (AvgIpc) is 2.65. The molecule has 4 nitrogen and oxygen atoms in total. The van der Waals surface area contributed by atoms with Crippen LogP contribution in [0, 0.1) is 0 Å². The number of rotatable bonds is 5. The normalized spacial score (nSPS) is 14.3. The summed E-state index contributed by atoms with van der Waals surface area (Å²) in [7, 11) is 0. The van der Waals surface area contributed by atoms with Crippen LogP contribution in [0.4, 0.5) is 0 Å². The van der Waals surface area contributed by atoms with Gasteiger partial charge in [-0.25, -0.2) is 0 Å². The number of hydrogen-bond donors (Lipinski definition) is 2. The van der Waals surface area contributed by atoms with E-state index in [0.29, 0.717) is 12.0 Å². The molecule has 1 heterocycles. The van der Waals surface area contributed by atoms with Gasteiger partial charge in [-0.15, -0.1) is 0 Å². The van der Waals surface area contributed by atoms with Crippen molar-refractivity contribution in [2.75, 3.05) is 0 Å². The number of phenolic OH excluding ortho intramolecular Hbond substituents is 2. The maximum absolute atomic E-state index is 12.6. The van der Waals surface area contributed by atoms with Gasteiger partial charge in [0, 0.05) is 11.1 Å². The highest BCUT2D eigenvalue weighted by Crippen LogP contribution is 2.33. The van der Waals surface area contributed by atoms with Crippen LogP contribution in [0.5, 0.6) is 17.2 Å². The summed E-state index contributed by atoms with van der Waals surface area (Å²) in [5, 5.41) is 20.5. The van der Waals surface area contributed by atoms with E-state index in [1.807, 2.05) is 64.1 Å². The van der Waals surface area contributed by atoms with Gasteiger partial charge in [-0.05, 0) is 76.1 Å². The van der Waals surface area contributed by atoms with E-state index in [1.165, 1.54) is 18.2 Å². The third kappa shape index (κ3) is 4.77. The van der Waals surface area contributed by atoms with Gasteiger partial charge in [0.25, 0.3) is 0 Å². The second-order valence-corrected chi connectivity index (χ2v) is 7.98. The number of phenols is 2. The topological polar surface area (TPSA) is 66.8 Å². The van der Waals surface area contributed by atoms with Crippen molar-refractivity contribution in [2.24, 2.45) is 0 Å². The molecule has 0 saturated heterocycles. The molecule has 150 valence electrons. The molecule has 0 amide bonds. The summed E-state index contributed by atoms with van der Waals surface area (Å²) in [5.74, 6) is 0.277. The number of fused-ring (bicyclic) bond motifs is 1. The van der Waals surface area contributed by atoms with E-state index in [-0.39, 0.29) is 28.4 Å². The Labute approximate surface area is 171 Å². The summed E-state index contributed by atoms with van der Waals surface area (Å²) >= 11 is 0. The lowest BCUT2D eigenvalue weighted by Gasteiger charge is -2.27. The highest BCUT2D eigenvalue weighted by atomic mass is 16.5. The number of benzene rings is 2. The molecular weight excluding hydrogens is 364 g/mol. The van der Waals surface area contributed by atoms with Crippen molar-refractivity contribution in [3.05, 3.63) is 76.4 Å². The van der Waals surface area contributed by atoms with E-state index < -0.39 is 0 Å². The third-order valence-electron chi connectivity index (χ3n) is 4.74. The molecule has 0 bridgehead atoms. The first kappa shape index (κ1) is 20.5. The molecule has 1 aliphatic rings. The Morgan fingerprint density at radius 2 is 1.90 bits per heavy atom. The van der Waals surface area contributed by atoms with Crippen molar-refractivity contribution in [1.29, 1.82) is 0 Å². The van der Waals surface area contributed by atoms with Gasteiger partial charge in [0.15, 0.2) is 5.78 Å². The fourth-order valence-electron chi connectivity index (χ4n) is 3.10. The largest absolute Gasteiger partial charge is 0.508 e. The van der Waals surface area contributed by atoms with E-state index in [9.17, 15) is 15.0 Å². The van der Waals surface area contributed by atoms with Crippen molar-refractivity contribution >= 4 is 17.9 Å². The summed E-state index contributed by atoms with van der Waals surface area (Å²) in [5.41, 5.74) is 3.06. The number of ether oxygens (including phenoxy) is 1. The molecule has 0 aliphatic carbocycles. The molecule has 4 heteroatoms. The van der Waals surface area contributed by atoms with Gasteiger partial charge in [0.2, 0.25) is 0 Å². The van der Waals surface area contributed by atoms with E-state index >= 15 is 0 Å². The summed E-state index contributed by atoms with van der Waals surface area (Å²) in [6.45, 7) is 7.86. The van der Waals surface area contributed by atoms with Crippen molar-refractivity contribution in [3.8, 4) is 17.2 Å². The van der Waals surface area contributed by atoms with Crippen LogP contribution in [0.25, 0.3) is 12.2 Å². The number of allylic oxidation sites excluding steroid dienone is 3. The number of ketones is 1. The second kappa shape index (κ2) is 8.00. The number of carbonyl (C=O) groups excluding carboxylic acids is 1. The maximum atomic E-state index is 12.6. The first-order valence-electron chi connectivity index (χ1n) is 9.58. The highest BCUT2D eigenvalue weighted by Gasteiger charge is 2.21. The Bertz CT molecular complexity index is 1040. The van der Waals surface area contributed by atoms with Crippen molar-refractivity contribution in [3.63, 3.8) is 0 Å². The molecule has 2 aromatic rings. The first-order valence-corrected chi connectivity index (χ1v) is 9.58. The molecule has 2 N–H and O–H groups in total. The summed E-state index contributed by atoms with van der Waals surface area (Å²) in [4.78, 5) is 12.6. The fraction of sp³-hybridized carbons (Fsp3) is 0.240. The Kier molecular flexibility index (Phi) is 5.64. The van der Waals surface area contributed by atoms with Gasteiger partial charge in [-0.1, -0.05) is 29.9 Å². The lowest BCUT2D eigenvalue weighted by atomic mass is 9.99. The highest BCUT2D eigenvalue weighted by molar-refractivity contribution is 6.09. The quantitative estimate of drug-likeness (QED) is 0.391. The van der Waals surface area contributed by atoms with E-state index in [0.717, 1.165) is 22.4 Å². The van der Waals surface area contributed by atoms with Crippen LogP contribution >= 0.6 is 0 Å². The van der Waals surface area contributed by atoms with Gasteiger partial charge < -0.3 is 14.9 Å². The zero-order valence-electron chi connectivity index (χ0n) is 17.2. The van der Waals surface area contributed by atoms with Crippen LogP contribution in [0.1, 0.15) is 54.7 Å². The van der Waals surface area contributed by atoms with Gasteiger partial charge in [-0.2, -0.15) is 0 Å². The smallest absolute Gasteiger partial charge is 0.189 e. The third-order valence-corrected chi connectivity index (χ3v) is 4.74. The zero-order valence-corrected chi connectivity index (χ0v) is 17.2. The molecule has 0 atom stereocenters. The number of hydrogen-bond acceptors (Lipinski definition) is 4. The molecule has 2 aromatic carbocycles. The van der Waals surface area contributed by atoms with E-state index in [2.05, 4.69) is 0 Å². The average molecular weight is 390 g/mol. The van der Waals surface area contributed by atoms with Gasteiger partial charge in [0.1, 0.15) is 22.8 Å². The summed E-state index contributed by atoms with van der Waals surface area (Å²) < 4.78 is 5.91. The van der Waals surface area contributed by atoms with E-state index in [4.69, 9.17) is 4.74 Å². The molecule has 0 fully saturated rings. The predicted molar refractivity (Wildman–Crippen MR) is 116 cm³/mol. The number of carbonyl (C=O) groups is 1. The fourth-order valence-corrected chi connectivity index (χ4v) is 3.10. The van der Waals surface area contributed by atoms with Crippen molar-refractivity contribution in [2.45, 2.75) is 39.7 Å². The Morgan fingerprint density at radius 1 is 1.14 bits per heavy atom. The molecule has 0 spiro atoms. The molecule has 0 unspecified atom stereocenters.